The topological polar surface area (TPSA) is 12.0 Å². The quantitative estimate of drug-likeness (QED) is 0.514. The van der Waals surface area contributed by atoms with Crippen LogP contribution in [0.4, 0.5) is 0 Å². The smallest absolute Gasteiger partial charge is 0.00756 e. The zero-order valence-corrected chi connectivity index (χ0v) is 6.44. The van der Waals surface area contributed by atoms with Crippen LogP contribution >= 0.6 is 0 Å². The highest BCUT2D eigenvalue weighted by Gasteiger charge is 2.62. The molecule has 3 atom stereocenters. The van der Waals surface area contributed by atoms with E-state index in [4.69, 9.17) is 0 Å². The van der Waals surface area contributed by atoms with Gasteiger partial charge in [-0.1, -0.05) is 13.8 Å². The van der Waals surface area contributed by atoms with Crippen molar-refractivity contribution in [2.45, 2.75) is 26.8 Å². The first-order valence-electron chi connectivity index (χ1n) is 3.87. The van der Waals surface area contributed by atoms with Crippen LogP contribution in [0.15, 0.2) is 0 Å². The predicted molar refractivity (Wildman–Crippen MR) is 38.2 cm³/mol. The number of nitrogens with one attached hydrogen (secondary N) is 1. The fraction of sp³-hybridized carbons (Fsp3) is 1.00. The van der Waals surface area contributed by atoms with Crippen molar-refractivity contribution in [1.82, 2.24) is 5.32 Å². The summed E-state index contributed by atoms with van der Waals surface area (Å²) in [6.07, 6.45) is 0. The van der Waals surface area contributed by atoms with Crippen molar-refractivity contribution in [3.63, 3.8) is 0 Å². The molecule has 2 rings (SSSR count). The maximum atomic E-state index is 3.47. The van der Waals surface area contributed by atoms with E-state index in [0.717, 1.165) is 17.9 Å². The van der Waals surface area contributed by atoms with E-state index in [1.807, 2.05) is 0 Å². The molecule has 1 saturated heterocycles. The lowest BCUT2D eigenvalue weighted by molar-refractivity contribution is 0.418. The molecule has 0 aromatic heterocycles. The van der Waals surface area contributed by atoms with Gasteiger partial charge in [-0.15, -0.1) is 0 Å². The van der Waals surface area contributed by atoms with Crippen molar-refractivity contribution in [3.8, 4) is 0 Å². The Labute approximate surface area is 56.8 Å². The number of rotatable bonds is 0. The molecule has 1 aliphatic carbocycles. The molecule has 0 aromatic carbocycles. The Kier molecular flexibility index (Phi) is 0.852. The fourth-order valence-electron chi connectivity index (χ4n) is 2.61. The van der Waals surface area contributed by atoms with Crippen LogP contribution < -0.4 is 5.32 Å². The molecule has 0 radical (unpaired) electrons. The molecule has 2 aliphatic rings. The highest BCUT2D eigenvalue weighted by Crippen LogP contribution is 2.62. The second-order valence-corrected chi connectivity index (χ2v) is 4.15. The summed E-state index contributed by atoms with van der Waals surface area (Å²) in [5, 5.41) is 3.47. The largest absolute Gasteiger partial charge is 0.314 e. The molecular formula is C8H15N. The molecule has 1 nitrogen and oxygen atoms in total. The maximum absolute atomic E-state index is 3.47. The van der Waals surface area contributed by atoms with Crippen LogP contribution in [0.1, 0.15) is 20.8 Å². The molecule has 1 aliphatic heterocycles. The Bertz CT molecular complexity index is 140. The molecule has 9 heavy (non-hydrogen) atoms. The van der Waals surface area contributed by atoms with Gasteiger partial charge in [-0.25, -0.2) is 0 Å². The average molecular weight is 125 g/mol. The molecule has 0 unspecified atom stereocenters. The Balaban J connectivity index is 2.14. The molecule has 1 heteroatoms. The second kappa shape index (κ2) is 1.34. The van der Waals surface area contributed by atoms with Gasteiger partial charge in [-0.3, -0.25) is 0 Å². The lowest BCUT2D eigenvalue weighted by Gasteiger charge is -2.13. The zero-order chi connectivity index (χ0) is 6.65. The number of hydrogen-bond acceptors (Lipinski definition) is 1. The summed E-state index contributed by atoms with van der Waals surface area (Å²) in [4.78, 5) is 0. The van der Waals surface area contributed by atoms with Crippen molar-refractivity contribution < 1.29 is 0 Å². The lowest BCUT2D eigenvalue weighted by atomic mass is 10.0. The van der Waals surface area contributed by atoms with Gasteiger partial charge in [0.1, 0.15) is 0 Å². The molecule has 0 bridgehead atoms. The molecule has 1 heterocycles. The number of fused-ring (bicyclic) bond motifs is 1. The zero-order valence-electron chi connectivity index (χ0n) is 6.44. The van der Waals surface area contributed by atoms with Crippen molar-refractivity contribution in [2.24, 2.45) is 17.3 Å². The molecule has 2 fully saturated rings. The fourth-order valence-corrected chi connectivity index (χ4v) is 2.61. The molecule has 1 saturated carbocycles. The van der Waals surface area contributed by atoms with E-state index >= 15 is 0 Å². The summed E-state index contributed by atoms with van der Waals surface area (Å²) >= 11 is 0. The van der Waals surface area contributed by atoms with Gasteiger partial charge >= 0.3 is 0 Å². The minimum atomic E-state index is 0.671. The van der Waals surface area contributed by atoms with Gasteiger partial charge in [0.15, 0.2) is 0 Å². The van der Waals surface area contributed by atoms with E-state index in [1.54, 1.807) is 0 Å². The Morgan fingerprint density at radius 1 is 1.44 bits per heavy atom. The normalized spacial score (nSPS) is 53.0. The van der Waals surface area contributed by atoms with Gasteiger partial charge in [0.05, 0.1) is 0 Å². The maximum Gasteiger partial charge on any atom is 0.00756 e. The summed E-state index contributed by atoms with van der Waals surface area (Å²) in [5.74, 6) is 1.98. The summed E-state index contributed by atoms with van der Waals surface area (Å²) in [7, 11) is 0. The van der Waals surface area contributed by atoms with Crippen molar-refractivity contribution in [3.05, 3.63) is 0 Å². The Morgan fingerprint density at radius 2 is 2.11 bits per heavy atom. The van der Waals surface area contributed by atoms with Crippen molar-refractivity contribution in [2.75, 3.05) is 6.54 Å². The number of piperidine rings is 1. The lowest BCUT2D eigenvalue weighted by Crippen LogP contribution is -2.27. The molecule has 0 amide bonds. The van der Waals surface area contributed by atoms with Gasteiger partial charge in [0.25, 0.3) is 0 Å². The standard InChI is InChI=1S/C8H15N/c1-5-7-6(4-9-5)8(7,2)3/h5-7,9H,4H2,1-3H3/t5-,6+,7-/m1/s1. The predicted octanol–water partition coefficient (Wildman–Crippen LogP) is 1.25. The van der Waals surface area contributed by atoms with E-state index in [0.29, 0.717) is 5.41 Å². The molecule has 1 N–H and O–H groups in total. The van der Waals surface area contributed by atoms with Gasteiger partial charge in [0, 0.05) is 6.04 Å². The van der Waals surface area contributed by atoms with E-state index in [2.05, 4.69) is 26.1 Å². The first-order chi connectivity index (χ1) is 4.14. The highest BCUT2D eigenvalue weighted by molar-refractivity contribution is 5.13. The first-order valence-corrected chi connectivity index (χ1v) is 3.87. The minimum absolute atomic E-state index is 0.671. The van der Waals surface area contributed by atoms with E-state index in [9.17, 15) is 0 Å². The third-order valence-corrected chi connectivity index (χ3v) is 3.34. The first kappa shape index (κ1) is 5.72. The van der Waals surface area contributed by atoms with Crippen LogP contribution in [-0.4, -0.2) is 12.6 Å². The average Bonchev–Trinajstić information content (AvgIpc) is 2.19. The Morgan fingerprint density at radius 3 is 2.33 bits per heavy atom. The minimum Gasteiger partial charge on any atom is -0.314 e. The van der Waals surface area contributed by atoms with Gasteiger partial charge in [-0.2, -0.15) is 0 Å². The van der Waals surface area contributed by atoms with Gasteiger partial charge < -0.3 is 5.32 Å². The van der Waals surface area contributed by atoms with E-state index in [-0.39, 0.29) is 0 Å². The molecular weight excluding hydrogens is 110 g/mol. The van der Waals surface area contributed by atoms with Crippen molar-refractivity contribution in [1.29, 1.82) is 0 Å². The number of hydrogen-bond donors (Lipinski definition) is 1. The van der Waals surface area contributed by atoms with Gasteiger partial charge in [0.2, 0.25) is 0 Å². The summed E-state index contributed by atoms with van der Waals surface area (Å²) in [5.41, 5.74) is 0.671. The van der Waals surface area contributed by atoms with Crippen LogP contribution in [0.5, 0.6) is 0 Å². The summed E-state index contributed by atoms with van der Waals surface area (Å²) in [6.45, 7) is 8.34. The highest BCUT2D eigenvalue weighted by atomic mass is 15.0. The van der Waals surface area contributed by atoms with Crippen LogP contribution in [0.2, 0.25) is 0 Å². The summed E-state index contributed by atoms with van der Waals surface area (Å²) < 4.78 is 0. The van der Waals surface area contributed by atoms with Gasteiger partial charge in [-0.05, 0) is 30.7 Å². The Hall–Kier alpha value is -0.0400. The van der Waals surface area contributed by atoms with Crippen LogP contribution in [0.25, 0.3) is 0 Å². The second-order valence-electron chi connectivity index (χ2n) is 4.15. The molecule has 0 aromatic rings. The third-order valence-electron chi connectivity index (χ3n) is 3.34. The molecule has 0 spiro atoms. The van der Waals surface area contributed by atoms with Crippen LogP contribution in [0, 0.1) is 17.3 Å². The summed E-state index contributed by atoms with van der Waals surface area (Å²) in [6, 6.07) is 0.782. The van der Waals surface area contributed by atoms with E-state index < -0.39 is 0 Å². The third kappa shape index (κ3) is 0.536. The van der Waals surface area contributed by atoms with E-state index in [1.165, 1.54) is 6.54 Å². The van der Waals surface area contributed by atoms with Crippen LogP contribution in [-0.2, 0) is 0 Å². The SMILES string of the molecule is C[C@H]1NC[C@H]2[C@@H]1C2(C)C. The monoisotopic (exact) mass is 125 g/mol. The van der Waals surface area contributed by atoms with Crippen LogP contribution in [0.3, 0.4) is 0 Å². The van der Waals surface area contributed by atoms with Crippen molar-refractivity contribution >= 4 is 0 Å². The molecule has 52 valence electrons.